The first-order chi connectivity index (χ1) is 15.9. The molecule has 33 heavy (non-hydrogen) atoms. The smallest absolute Gasteiger partial charge is 0.271 e. The molecule has 8 heteroatoms. The highest BCUT2D eigenvalue weighted by Gasteiger charge is 2.11. The molecule has 3 rings (SSSR count). The number of hydrogen-bond acceptors (Lipinski definition) is 5. The normalized spacial score (nSPS) is 10.8. The van der Waals surface area contributed by atoms with E-state index in [1.165, 1.54) is 6.21 Å². The second-order valence-corrected chi connectivity index (χ2v) is 7.98. The number of hydrogen-bond donors (Lipinski definition) is 3. The van der Waals surface area contributed by atoms with E-state index in [4.69, 9.17) is 0 Å². The number of anilines is 2. The Bertz CT molecular complexity index is 1160. The van der Waals surface area contributed by atoms with E-state index in [0.29, 0.717) is 26.9 Å². The van der Waals surface area contributed by atoms with Gasteiger partial charge in [-0.2, -0.15) is 5.10 Å². The molecule has 0 aromatic heterocycles. The number of phenolic OH excluding ortho intramolecular Hbond substituents is 1. The molecular weight excluding hydrogens is 484 g/mol. The number of halogens is 1. The van der Waals surface area contributed by atoms with Crippen molar-refractivity contribution in [2.75, 3.05) is 23.3 Å². The van der Waals surface area contributed by atoms with E-state index in [0.717, 1.165) is 18.8 Å². The standard InChI is InChI=1S/C25H25BrN4O3/c1-3-30(4-2)20-14-11-18(23(31)15-20)16-27-29-24(32)17-9-12-19(13-10-17)28-25(33)21-7-5-6-8-22(21)26/h5-16,31H,3-4H2,1-2H3,(H,28,33)(H,29,32). The van der Waals surface area contributed by atoms with Gasteiger partial charge in [-0.05, 0) is 78.3 Å². The minimum Gasteiger partial charge on any atom is -0.507 e. The number of carbonyl (C=O) groups is 2. The number of nitrogens with one attached hydrogen (secondary N) is 2. The van der Waals surface area contributed by atoms with Crippen LogP contribution in [0.1, 0.15) is 40.1 Å². The van der Waals surface area contributed by atoms with Crippen LogP contribution in [-0.2, 0) is 0 Å². The molecule has 7 nitrogen and oxygen atoms in total. The number of phenols is 1. The summed E-state index contributed by atoms with van der Waals surface area (Å²) in [6.45, 7) is 5.78. The van der Waals surface area contributed by atoms with Crippen molar-refractivity contribution in [1.82, 2.24) is 5.43 Å². The van der Waals surface area contributed by atoms with E-state index in [9.17, 15) is 14.7 Å². The van der Waals surface area contributed by atoms with Crippen molar-refractivity contribution < 1.29 is 14.7 Å². The number of rotatable bonds is 8. The summed E-state index contributed by atoms with van der Waals surface area (Å²) in [6, 6.07) is 18.9. The van der Waals surface area contributed by atoms with Crippen LogP contribution in [0.2, 0.25) is 0 Å². The Hall–Kier alpha value is -3.65. The average Bonchev–Trinajstić information content (AvgIpc) is 2.82. The molecule has 0 unspecified atom stereocenters. The van der Waals surface area contributed by atoms with Gasteiger partial charge in [0.2, 0.25) is 0 Å². The zero-order valence-electron chi connectivity index (χ0n) is 18.4. The monoisotopic (exact) mass is 508 g/mol. The maximum Gasteiger partial charge on any atom is 0.271 e. The van der Waals surface area contributed by atoms with Crippen LogP contribution in [0, 0.1) is 0 Å². The first-order valence-corrected chi connectivity index (χ1v) is 11.3. The van der Waals surface area contributed by atoms with Crippen LogP contribution in [0.15, 0.2) is 76.3 Å². The fourth-order valence-electron chi connectivity index (χ4n) is 3.20. The van der Waals surface area contributed by atoms with Crippen LogP contribution in [-0.4, -0.2) is 36.2 Å². The van der Waals surface area contributed by atoms with Gasteiger partial charge in [0.25, 0.3) is 11.8 Å². The van der Waals surface area contributed by atoms with Crippen molar-refractivity contribution in [2.45, 2.75) is 13.8 Å². The first kappa shape index (κ1) is 24.0. The van der Waals surface area contributed by atoms with Crippen molar-refractivity contribution in [2.24, 2.45) is 5.10 Å². The van der Waals surface area contributed by atoms with Crippen molar-refractivity contribution in [1.29, 1.82) is 0 Å². The van der Waals surface area contributed by atoms with Crippen LogP contribution in [0.5, 0.6) is 5.75 Å². The number of carbonyl (C=O) groups excluding carboxylic acids is 2. The molecule has 170 valence electrons. The Morgan fingerprint density at radius 1 is 1.00 bits per heavy atom. The Balaban J connectivity index is 1.59. The van der Waals surface area contributed by atoms with Crippen molar-refractivity contribution in [3.8, 4) is 5.75 Å². The lowest BCUT2D eigenvalue weighted by molar-refractivity contribution is 0.0954. The molecule has 0 atom stereocenters. The van der Waals surface area contributed by atoms with Gasteiger partial charge in [-0.15, -0.1) is 0 Å². The zero-order chi connectivity index (χ0) is 23.8. The third-order valence-corrected chi connectivity index (χ3v) is 5.73. The van der Waals surface area contributed by atoms with Crippen LogP contribution < -0.4 is 15.6 Å². The molecule has 0 heterocycles. The van der Waals surface area contributed by atoms with Gasteiger partial charge in [-0.25, -0.2) is 5.43 Å². The summed E-state index contributed by atoms with van der Waals surface area (Å²) in [5, 5.41) is 17.0. The summed E-state index contributed by atoms with van der Waals surface area (Å²) in [4.78, 5) is 26.9. The van der Waals surface area contributed by atoms with E-state index >= 15 is 0 Å². The molecule has 3 N–H and O–H groups in total. The van der Waals surface area contributed by atoms with Crippen molar-refractivity contribution in [3.05, 3.63) is 87.9 Å². The van der Waals surface area contributed by atoms with Crippen LogP contribution in [0.3, 0.4) is 0 Å². The average molecular weight is 509 g/mol. The predicted octanol–water partition coefficient (Wildman–Crippen LogP) is 5.02. The topological polar surface area (TPSA) is 94.0 Å². The maximum absolute atomic E-state index is 12.4. The highest BCUT2D eigenvalue weighted by Crippen LogP contribution is 2.23. The Labute approximate surface area is 201 Å². The van der Waals surface area contributed by atoms with Gasteiger partial charge in [-0.1, -0.05) is 12.1 Å². The number of benzene rings is 3. The maximum atomic E-state index is 12.4. The molecule has 3 aromatic carbocycles. The van der Waals surface area contributed by atoms with Crippen LogP contribution in [0.25, 0.3) is 0 Å². The number of hydrazone groups is 1. The third-order valence-electron chi connectivity index (χ3n) is 5.04. The van der Waals surface area contributed by atoms with Gasteiger partial charge in [0.15, 0.2) is 0 Å². The predicted molar refractivity (Wildman–Crippen MR) is 135 cm³/mol. The van der Waals surface area contributed by atoms with E-state index < -0.39 is 5.91 Å². The Kier molecular flexibility index (Phi) is 8.21. The fraction of sp³-hybridized carbons (Fsp3) is 0.160. The summed E-state index contributed by atoms with van der Waals surface area (Å²) >= 11 is 3.36. The molecule has 0 spiro atoms. The van der Waals surface area contributed by atoms with E-state index in [2.05, 4.69) is 36.7 Å². The summed E-state index contributed by atoms with van der Waals surface area (Å²) in [5.74, 6) is -0.576. The van der Waals surface area contributed by atoms with Crippen LogP contribution in [0.4, 0.5) is 11.4 Å². The SMILES string of the molecule is CCN(CC)c1ccc(C=NNC(=O)c2ccc(NC(=O)c3ccccc3Br)cc2)c(O)c1. The fourth-order valence-corrected chi connectivity index (χ4v) is 3.67. The van der Waals surface area contributed by atoms with Gasteiger partial charge in [0.1, 0.15) is 5.75 Å². The number of nitrogens with zero attached hydrogens (tertiary/aromatic N) is 2. The minimum atomic E-state index is -0.408. The summed E-state index contributed by atoms with van der Waals surface area (Å²) in [6.07, 6.45) is 1.39. The van der Waals surface area contributed by atoms with Gasteiger partial charge >= 0.3 is 0 Å². The van der Waals surface area contributed by atoms with E-state index in [1.807, 2.05) is 26.0 Å². The van der Waals surface area contributed by atoms with E-state index in [1.54, 1.807) is 54.6 Å². The van der Waals surface area contributed by atoms with Gasteiger partial charge in [0, 0.05) is 46.1 Å². The molecule has 0 aliphatic rings. The second-order valence-electron chi connectivity index (χ2n) is 7.13. The lowest BCUT2D eigenvalue weighted by atomic mass is 10.1. The molecule has 3 aromatic rings. The molecule has 0 aliphatic heterocycles. The molecule has 0 bridgehead atoms. The number of aromatic hydroxyl groups is 1. The van der Waals surface area contributed by atoms with Crippen molar-refractivity contribution in [3.63, 3.8) is 0 Å². The highest BCUT2D eigenvalue weighted by molar-refractivity contribution is 9.10. The summed E-state index contributed by atoms with van der Waals surface area (Å²) in [5.41, 5.74) is 5.32. The summed E-state index contributed by atoms with van der Waals surface area (Å²) < 4.78 is 0.699. The Morgan fingerprint density at radius 2 is 1.70 bits per heavy atom. The lowest BCUT2D eigenvalue weighted by Crippen LogP contribution is -2.21. The van der Waals surface area contributed by atoms with Gasteiger partial charge in [0.05, 0.1) is 11.8 Å². The molecule has 0 saturated heterocycles. The van der Waals surface area contributed by atoms with Crippen LogP contribution >= 0.6 is 15.9 Å². The zero-order valence-corrected chi connectivity index (χ0v) is 20.0. The molecular formula is C25H25BrN4O3. The first-order valence-electron chi connectivity index (χ1n) is 10.5. The second kappa shape index (κ2) is 11.3. The summed E-state index contributed by atoms with van der Waals surface area (Å²) in [7, 11) is 0. The molecule has 2 amide bonds. The van der Waals surface area contributed by atoms with Gasteiger partial charge in [-0.3, -0.25) is 9.59 Å². The Morgan fingerprint density at radius 3 is 2.33 bits per heavy atom. The van der Waals surface area contributed by atoms with Crippen molar-refractivity contribution >= 4 is 45.3 Å². The lowest BCUT2D eigenvalue weighted by Gasteiger charge is -2.21. The van der Waals surface area contributed by atoms with Gasteiger partial charge < -0.3 is 15.3 Å². The third kappa shape index (κ3) is 6.20. The number of amides is 2. The molecule has 0 saturated carbocycles. The highest BCUT2D eigenvalue weighted by atomic mass is 79.9. The van der Waals surface area contributed by atoms with E-state index in [-0.39, 0.29) is 11.7 Å². The minimum absolute atomic E-state index is 0.0857. The molecule has 0 fully saturated rings. The molecule has 0 aliphatic carbocycles. The quantitative estimate of drug-likeness (QED) is 0.294. The largest absolute Gasteiger partial charge is 0.507 e. The molecule has 0 radical (unpaired) electrons.